The van der Waals surface area contributed by atoms with E-state index in [-0.39, 0.29) is 12.4 Å². The van der Waals surface area contributed by atoms with Crippen LogP contribution in [-0.4, -0.2) is 30.9 Å². The molecule has 0 aliphatic carbocycles. The first-order valence-electron chi connectivity index (χ1n) is 5.95. The molecule has 0 aliphatic heterocycles. The molecule has 3 nitrogen and oxygen atoms in total. The van der Waals surface area contributed by atoms with Gasteiger partial charge in [0.1, 0.15) is 24.3 Å². The lowest BCUT2D eigenvalue weighted by atomic mass is 10.2. The van der Waals surface area contributed by atoms with Crippen LogP contribution in [0.1, 0.15) is 13.8 Å². The zero-order chi connectivity index (χ0) is 13.5. The van der Waals surface area contributed by atoms with Crippen molar-refractivity contribution >= 4 is 15.9 Å². The van der Waals surface area contributed by atoms with Crippen LogP contribution in [0.15, 0.2) is 22.7 Å². The standard InChI is InChI=1S/C13H19BrFNO2/c1-9(2)6-16-7-12(17)8-18-13-4-10(14)3-11(15)5-13/h3-5,9,12,16-17H,6-8H2,1-2H3. The quantitative estimate of drug-likeness (QED) is 0.811. The van der Waals surface area contributed by atoms with E-state index in [9.17, 15) is 9.50 Å². The Hall–Kier alpha value is -0.650. The number of aliphatic hydroxyl groups excluding tert-OH is 1. The maximum absolute atomic E-state index is 13.1. The van der Waals surface area contributed by atoms with Crippen molar-refractivity contribution < 1.29 is 14.2 Å². The Labute approximate surface area is 115 Å². The minimum Gasteiger partial charge on any atom is -0.491 e. The van der Waals surface area contributed by atoms with Crippen molar-refractivity contribution in [2.24, 2.45) is 5.92 Å². The predicted octanol–water partition coefficient (Wildman–Crippen LogP) is 2.57. The molecule has 0 aliphatic rings. The number of hydrogen-bond acceptors (Lipinski definition) is 3. The van der Waals surface area contributed by atoms with Gasteiger partial charge in [-0.1, -0.05) is 29.8 Å². The van der Waals surface area contributed by atoms with Crippen LogP contribution in [0.4, 0.5) is 4.39 Å². The van der Waals surface area contributed by atoms with Crippen molar-refractivity contribution in [3.8, 4) is 5.75 Å². The molecule has 1 aromatic rings. The number of benzene rings is 1. The van der Waals surface area contributed by atoms with Gasteiger partial charge in [-0.2, -0.15) is 0 Å². The number of nitrogens with one attached hydrogen (secondary N) is 1. The summed E-state index contributed by atoms with van der Waals surface area (Å²) in [7, 11) is 0. The van der Waals surface area contributed by atoms with E-state index in [4.69, 9.17) is 4.74 Å². The molecule has 18 heavy (non-hydrogen) atoms. The van der Waals surface area contributed by atoms with Gasteiger partial charge < -0.3 is 15.2 Å². The van der Waals surface area contributed by atoms with Crippen molar-refractivity contribution in [2.75, 3.05) is 19.7 Å². The van der Waals surface area contributed by atoms with E-state index < -0.39 is 6.10 Å². The van der Waals surface area contributed by atoms with Gasteiger partial charge >= 0.3 is 0 Å². The monoisotopic (exact) mass is 319 g/mol. The van der Waals surface area contributed by atoms with Gasteiger partial charge in [0.25, 0.3) is 0 Å². The van der Waals surface area contributed by atoms with Crippen molar-refractivity contribution in [3.63, 3.8) is 0 Å². The Morgan fingerprint density at radius 3 is 2.67 bits per heavy atom. The Balaban J connectivity index is 2.31. The first kappa shape index (κ1) is 15.4. The Morgan fingerprint density at radius 2 is 2.06 bits per heavy atom. The summed E-state index contributed by atoms with van der Waals surface area (Å²) in [4.78, 5) is 0. The second kappa shape index (κ2) is 7.71. The van der Waals surface area contributed by atoms with Crippen LogP contribution in [0.3, 0.4) is 0 Å². The molecule has 0 radical (unpaired) electrons. The van der Waals surface area contributed by atoms with E-state index in [2.05, 4.69) is 35.1 Å². The summed E-state index contributed by atoms with van der Waals surface area (Å²) in [5, 5.41) is 12.8. The smallest absolute Gasteiger partial charge is 0.128 e. The van der Waals surface area contributed by atoms with E-state index in [1.54, 1.807) is 6.07 Å². The highest BCUT2D eigenvalue weighted by Gasteiger charge is 2.06. The SMILES string of the molecule is CC(C)CNCC(O)COc1cc(F)cc(Br)c1. The highest BCUT2D eigenvalue weighted by Crippen LogP contribution is 2.20. The first-order chi connectivity index (χ1) is 8.47. The van der Waals surface area contributed by atoms with Crippen molar-refractivity contribution in [3.05, 3.63) is 28.5 Å². The maximum atomic E-state index is 13.1. The lowest BCUT2D eigenvalue weighted by Crippen LogP contribution is -2.33. The summed E-state index contributed by atoms with van der Waals surface area (Å²) in [6.45, 7) is 5.65. The highest BCUT2D eigenvalue weighted by atomic mass is 79.9. The number of ether oxygens (including phenoxy) is 1. The fourth-order valence-electron chi connectivity index (χ4n) is 1.40. The lowest BCUT2D eigenvalue weighted by Gasteiger charge is -2.14. The molecule has 1 atom stereocenters. The average Bonchev–Trinajstić information content (AvgIpc) is 2.24. The molecule has 2 N–H and O–H groups in total. The van der Waals surface area contributed by atoms with Crippen LogP contribution >= 0.6 is 15.9 Å². The molecule has 0 fully saturated rings. The van der Waals surface area contributed by atoms with Gasteiger partial charge in [0, 0.05) is 17.1 Å². The van der Waals surface area contributed by atoms with Gasteiger partial charge in [-0.25, -0.2) is 4.39 Å². The average molecular weight is 320 g/mol. The summed E-state index contributed by atoms with van der Waals surface area (Å²) in [5.74, 6) is 0.578. The van der Waals surface area contributed by atoms with Crippen LogP contribution in [0, 0.1) is 11.7 Å². The molecule has 102 valence electrons. The van der Waals surface area contributed by atoms with Crippen molar-refractivity contribution in [1.29, 1.82) is 0 Å². The van der Waals surface area contributed by atoms with Gasteiger partial charge in [0.2, 0.25) is 0 Å². The Morgan fingerprint density at radius 1 is 1.33 bits per heavy atom. The molecule has 0 bridgehead atoms. The molecule has 5 heteroatoms. The third-order valence-electron chi connectivity index (χ3n) is 2.21. The lowest BCUT2D eigenvalue weighted by molar-refractivity contribution is 0.105. The van der Waals surface area contributed by atoms with Crippen LogP contribution in [0.2, 0.25) is 0 Å². The molecule has 1 unspecified atom stereocenters. The molecule has 1 aromatic carbocycles. The van der Waals surface area contributed by atoms with Crippen LogP contribution in [0.5, 0.6) is 5.75 Å². The molecule has 0 spiro atoms. The third-order valence-corrected chi connectivity index (χ3v) is 2.67. The fourth-order valence-corrected chi connectivity index (χ4v) is 1.85. The van der Waals surface area contributed by atoms with E-state index >= 15 is 0 Å². The highest BCUT2D eigenvalue weighted by molar-refractivity contribution is 9.10. The van der Waals surface area contributed by atoms with Crippen LogP contribution in [-0.2, 0) is 0 Å². The largest absolute Gasteiger partial charge is 0.491 e. The second-order valence-electron chi connectivity index (χ2n) is 4.62. The minimum atomic E-state index is -0.606. The Bertz CT molecular complexity index is 354. The summed E-state index contributed by atoms with van der Waals surface area (Å²) in [6.07, 6.45) is -0.606. The number of halogens is 2. The number of hydrogen-bond donors (Lipinski definition) is 2. The topological polar surface area (TPSA) is 41.5 Å². The van der Waals surface area contributed by atoms with Crippen molar-refractivity contribution in [1.82, 2.24) is 5.32 Å². The summed E-state index contributed by atoms with van der Waals surface area (Å²) < 4.78 is 19.0. The number of rotatable bonds is 7. The zero-order valence-electron chi connectivity index (χ0n) is 10.6. The minimum absolute atomic E-state index is 0.140. The molecular formula is C13H19BrFNO2. The van der Waals surface area contributed by atoms with Crippen LogP contribution in [0.25, 0.3) is 0 Å². The third kappa shape index (κ3) is 6.33. The predicted molar refractivity (Wildman–Crippen MR) is 73.3 cm³/mol. The maximum Gasteiger partial charge on any atom is 0.128 e. The van der Waals surface area contributed by atoms with Gasteiger partial charge in [-0.05, 0) is 24.6 Å². The van der Waals surface area contributed by atoms with E-state index in [0.29, 0.717) is 22.7 Å². The number of aliphatic hydroxyl groups is 1. The van der Waals surface area contributed by atoms with Gasteiger partial charge in [0.05, 0.1) is 0 Å². The summed E-state index contributed by atoms with van der Waals surface area (Å²) in [5.41, 5.74) is 0. The van der Waals surface area contributed by atoms with Crippen molar-refractivity contribution in [2.45, 2.75) is 20.0 Å². The summed E-state index contributed by atoms with van der Waals surface area (Å²) >= 11 is 3.18. The normalized spacial score (nSPS) is 12.8. The molecule has 0 amide bonds. The molecule has 0 aromatic heterocycles. The molecule has 0 saturated carbocycles. The molecular weight excluding hydrogens is 301 g/mol. The van der Waals surface area contributed by atoms with E-state index in [0.717, 1.165) is 6.54 Å². The van der Waals surface area contributed by atoms with Gasteiger partial charge in [-0.15, -0.1) is 0 Å². The Kier molecular flexibility index (Phi) is 6.60. The molecule has 0 saturated heterocycles. The fraction of sp³-hybridized carbons (Fsp3) is 0.538. The van der Waals surface area contributed by atoms with Gasteiger partial charge in [-0.3, -0.25) is 0 Å². The first-order valence-corrected chi connectivity index (χ1v) is 6.74. The molecule has 1 rings (SSSR count). The van der Waals surface area contributed by atoms with E-state index in [1.165, 1.54) is 12.1 Å². The van der Waals surface area contributed by atoms with E-state index in [1.807, 2.05) is 0 Å². The van der Waals surface area contributed by atoms with Crippen LogP contribution < -0.4 is 10.1 Å². The summed E-state index contributed by atoms with van der Waals surface area (Å²) in [6, 6.07) is 4.31. The molecule has 0 heterocycles. The van der Waals surface area contributed by atoms with Gasteiger partial charge in [0.15, 0.2) is 0 Å². The second-order valence-corrected chi connectivity index (χ2v) is 5.54. The zero-order valence-corrected chi connectivity index (χ0v) is 12.2.